The summed E-state index contributed by atoms with van der Waals surface area (Å²) in [6.45, 7) is 5.70. The molecule has 1 rings (SSSR count). The smallest absolute Gasteiger partial charge is 0.250 e. The zero-order valence-electron chi connectivity index (χ0n) is 10.9. The van der Waals surface area contributed by atoms with Crippen molar-refractivity contribution in [3.8, 4) is 0 Å². The molecule has 2 N–H and O–H groups in total. The molecular formula is C11H20N2O3S2. The largest absolute Gasteiger partial charge is 0.383 e. The molecule has 0 aliphatic carbocycles. The lowest BCUT2D eigenvalue weighted by Crippen LogP contribution is -2.35. The lowest BCUT2D eigenvalue weighted by molar-refractivity contribution is 0.180. The third-order valence-corrected chi connectivity index (χ3v) is 5.39. The lowest BCUT2D eigenvalue weighted by atomic mass is 10.4. The summed E-state index contributed by atoms with van der Waals surface area (Å²) in [5.74, 6) is 0. The van der Waals surface area contributed by atoms with Crippen LogP contribution in [0.5, 0.6) is 0 Å². The van der Waals surface area contributed by atoms with Crippen molar-refractivity contribution >= 4 is 21.4 Å². The molecule has 1 unspecified atom stereocenters. The second kappa shape index (κ2) is 7.20. The van der Waals surface area contributed by atoms with Crippen LogP contribution in [-0.2, 0) is 21.3 Å². The summed E-state index contributed by atoms with van der Waals surface area (Å²) < 4.78 is 31.9. The van der Waals surface area contributed by atoms with Gasteiger partial charge in [0.15, 0.2) is 0 Å². The van der Waals surface area contributed by atoms with Gasteiger partial charge in [-0.15, -0.1) is 11.3 Å². The Morgan fingerprint density at radius 1 is 1.44 bits per heavy atom. The van der Waals surface area contributed by atoms with Gasteiger partial charge in [-0.3, -0.25) is 0 Å². The molecule has 104 valence electrons. The maximum atomic E-state index is 12.0. The van der Waals surface area contributed by atoms with E-state index in [1.54, 1.807) is 20.1 Å². The van der Waals surface area contributed by atoms with Crippen molar-refractivity contribution in [1.29, 1.82) is 0 Å². The molecule has 18 heavy (non-hydrogen) atoms. The lowest BCUT2D eigenvalue weighted by Gasteiger charge is -2.11. The third-order valence-electron chi connectivity index (χ3n) is 2.22. The molecule has 1 heterocycles. The van der Waals surface area contributed by atoms with Crippen molar-refractivity contribution in [1.82, 2.24) is 10.0 Å². The van der Waals surface area contributed by atoms with Crippen LogP contribution in [0, 0.1) is 0 Å². The van der Waals surface area contributed by atoms with Crippen LogP contribution >= 0.6 is 11.3 Å². The van der Waals surface area contributed by atoms with E-state index in [1.165, 1.54) is 11.3 Å². The van der Waals surface area contributed by atoms with Gasteiger partial charge in [-0.1, -0.05) is 6.92 Å². The second-order valence-corrected chi connectivity index (χ2v) is 7.09. The molecule has 1 aromatic heterocycles. The van der Waals surface area contributed by atoms with E-state index in [2.05, 4.69) is 10.0 Å². The summed E-state index contributed by atoms with van der Waals surface area (Å²) in [7, 11) is -1.88. The molecule has 0 spiro atoms. The Bertz CT molecular complexity index is 457. The molecule has 0 amide bonds. The van der Waals surface area contributed by atoms with Crippen molar-refractivity contribution in [3.63, 3.8) is 0 Å². The number of nitrogens with one attached hydrogen (secondary N) is 2. The standard InChI is InChI=1S/C11H20N2O3S2/c1-4-12-7-10-5-6-11(17-10)18(14,15)13-9(2)8-16-3/h5-6,9,12-13H,4,7-8H2,1-3H3. The van der Waals surface area contributed by atoms with E-state index in [9.17, 15) is 8.42 Å². The fourth-order valence-corrected chi connectivity index (χ4v) is 4.02. The number of thiophene rings is 1. The molecule has 7 heteroatoms. The molecule has 0 saturated carbocycles. The number of hydrogen-bond donors (Lipinski definition) is 2. The fraction of sp³-hybridized carbons (Fsp3) is 0.636. The quantitative estimate of drug-likeness (QED) is 0.755. The van der Waals surface area contributed by atoms with Crippen LogP contribution in [0.25, 0.3) is 0 Å². The highest BCUT2D eigenvalue weighted by Crippen LogP contribution is 2.21. The molecule has 0 aliphatic rings. The average Bonchev–Trinajstić information content (AvgIpc) is 2.75. The molecule has 0 aliphatic heterocycles. The van der Waals surface area contributed by atoms with Crippen molar-refractivity contribution in [2.75, 3.05) is 20.3 Å². The van der Waals surface area contributed by atoms with E-state index in [0.29, 0.717) is 17.4 Å². The van der Waals surface area contributed by atoms with Gasteiger partial charge in [0, 0.05) is 24.6 Å². The van der Waals surface area contributed by atoms with Gasteiger partial charge in [-0.2, -0.15) is 0 Å². The molecule has 0 radical (unpaired) electrons. The van der Waals surface area contributed by atoms with Gasteiger partial charge in [0.05, 0.1) is 6.61 Å². The third kappa shape index (κ3) is 4.66. The fourth-order valence-electron chi connectivity index (χ4n) is 1.45. The molecule has 0 bridgehead atoms. The van der Waals surface area contributed by atoms with Gasteiger partial charge in [-0.05, 0) is 25.6 Å². The van der Waals surface area contributed by atoms with E-state index in [1.807, 2.05) is 13.0 Å². The number of ether oxygens (including phenoxy) is 1. The highest BCUT2D eigenvalue weighted by Gasteiger charge is 2.19. The van der Waals surface area contributed by atoms with Crippen LogP contribution in [0.1, 0.15) is 18.7 Å². The Hall–Kier alpha value is -0.470. The highest BCUT2D eigenvalue weighted by molar-refractivity contribution is 7.91. The first kappa shape index (κ1) is 15.6. The molecule has 0 fully saturated rings. The molecular weight excluding hydrogens is 272 g/mol. The number of hydrogen-bond acceptors (Lipinski definition) is 5. The normalized spacial score (nSPS) is 13.7. The topological polar surface area (TPSA) is 67.4 Å². The van der Waals surface area contributed by atoms with Gasteiger partial charge in [0.2, 0.25) is 10.0 Å². The van der Waals surface area contributed by atoms with Crippen LogP contribution in [0.3, 0.4) is 0 Å². The minimum atomic E-state index is -3.43. The molecule has 1 atom stereocenters. The van der Waals surface area contributed by atoms with Gasteiger partial charge < -0.3 is 10.1 Å². The Morgan fingerprint density at radius 3 is 2.78 bits per heavy atom. The Morgan fingerprint density at radius 2 is 2.17 bits per heavy atom. The van der Waals surface area contributed by atoms with Crippen molar-refractivity contribution < 1.29 is 13.2 Å². The second-order valence-electron chi connectivity index (χ2n) is 3.98. The molecule has 0 saturated heterocycles. The first-order valence-electron chi connectivity index (χ1n) is 5.80. The Kier molecular flexibility index (Phi) is 6.24. The summed E-state index contributed by atoms with van der Waals surface area (Å²) in [4.78, 5) is 1.01. The predicted octanol–water partition coefficient (Wildman–Crippen LogP) is 1.17. The maximum Gasteiger partial charge on any atom is 0.250 e. The van der Waals surface area contributed by atoms with Crippen LogP contribution in [0.15, 0.2) is 16.3 Å². The molecule has 5 nitrogen and oxygen atoms in total. The Labute approximate surface area is 113 Å². The minimum absolute atomic E-state index is 0.237. The molecule has 0 aromatic carbocycles. The van der Waals surface area contributed by atoms with Crippen molar-refractivity contribution in [3.05, 3.63) is 17.0 Å². The van der Waals surface area contributed by atoms with Gasteiger partial charge in [-0.25, -0.2) is 13.1 Å². The van der Waals surface area contributed by atoms with E-state index < -0.39 is 10.0 Å². The zero-order chi connectivity index (χ0) is 13.6. The summed E-state index contributed by atoms with van der Waals surface area (Å²) >= 11 is 1.29. The van der Waals surface area contributed by atoms with Crippen molar-refractivity contribution in [2.45, 2.75) is 30.6 Å². The van der Waals surface area contributed by atoms with Gasteiger partial charge in [0.25, 0.3) is 0 Å². The number of sulfonamides is 1. The number of methoxy groups -OCH3 is 1. The van der Waals surface area contributed by atoms with Crippen molar-refractivity contribution in [2.24, 2.45) is 0 Å². The summed E-state index contributed by atoms with van der Waals surface area (Å²) in [5, 5.41) is 3.17. The monoisotopic (exact) mass is 292 g/mol. The predicted molar refractivity (Wildman–Crippen MR) is 73.4 cm³/mol. The molecule has 1 aromatic rings. The maximum absolute atomic E-state index is 12.0. The summed E-state index contributed by atoms with van der Waals surface area (Å²) in [6, 6.07) is 3.24. The minimum Gasteiger partial charge on any atom is -0.383 e. The van der Waals surface area contributed by atoms with E-state index in [-0.39, 0.29) is 6.04 Å². The summed E-state index contributed by atoms with van der Waals surface area (Å²) in [5.41, 5.74) is 0. The first-order chi connectivity index (χ1) is 8.49. The first-order valence-corrected chi connectivity index (χ1v) is 8.10. The highest BCUT2D eigenvalue weighted by atomic mass is 32.2. The zero-order valence-corrected chi connectivity index (χ0v) is 12.5. The van der Waals surface area contributed by atoms with Crippen LogP contribution in [0.2, 0.25) is 0 Å². The van der Waals surface area contributed by atoms with E-state index in [4.69, 9.17) is 4.74 Å². The number of rotatable bonds is 8. The Balaban J connectivity index is 2.69. The van der Waals surface area contributed by atoms with Crippen LogP contribution in [0.4, 0.5) is 0 Å². The van der Waals surface area contributed by atoms with Gasteiger partial charge >= 0.3 is 0 Å². The van der Waals surface area contributed by atoms with Crippen LogP contribution in [-0.4, -0.2) is 34.7 Å². The van der Waals surface area contributed by atoms with E-state index in [0.717, 1.165) is 11.4 Å². The summed E-state index contributed by atoms with van der Waals surface area (Å²) in [6.07, 6.45) is 0. The van der Waals surface area contributed by atoms with E-state index >= 15 is 0 Å². The van der Waals surface area contributed by atoms with Crippen LogP contribution < -0.4 is 10.0 Å². The average molecular weight is 292 g/mol. The van der Waals surface area contributed by atoms with Gasteiger partial charge in [0.1, 0.15) is 4.21 Å². The SMILES string of the molecule is CCNCc1ccc(S(=O)(=O)NC(C)COC)s1.